The molecule has 2 aromatic rings. The van der Waals surface area contributed by atoms with Gasteiger partial charge in [-0.1, -0.05) is 11.6 Å². The van der Waals surface area contributed by atoms with Gasteiger partial charge in [-0.05, 0) is 47.0 Å². The number of anilines is 1. The number of aryl methyl sites for hydroxylation is 1. The summed E-state index contributed by atoms with van der Waals surface area (Å²) in [5.41, 5.74) is 0.973. The number of rotatable bonds is 3. The van der Waals surface area contributed by atoms with Gasteiger partial charge in [-0.2, -0.15) is 0 Å². The molecular formula is C13H14BrClN4. The van der Waals surface area contributed by atoms with Crippen LogP contribution in [0.5, 0.6) is 0 Å². The summed E-state index contributed by atoms with van der Waals surface area (Å²) in [6.07, 6.45) is 3.46. The van der Waals surface area contributed by atoms with Crippen LogP contribution in [0.2, 0.25) is 5.02 Å². The van der Waals surface area contributed by atoms with Crippen LogP contribution in [-0.4, -0.2) is 14.8 Å². The fourth-order valence-corrected chi connectivity index (χ4v) is 2.87. The summed E-state index contributed by atoms with van der Waals surface area (Å²) in [4.78, 5) is 0. The largest absolute Gasteiger partial charge is 0.377 e. The van der Waals surface area contributed by atoms with Crippen molar-refractivity contribution in [2.45, 2.75) is 32.4 Å². The normalized spacial score (nSPS) is 14.2. The van der Waals surface area contributed by atoms with E-state index in [0.29, 0.717) is 11.6 Å². The van der Waals surface area contributed by atoms with Crippen molar-refractivity contribution in [1.29, 1.82) is 0 Å². The van der Waals surface area contributed by atoms with Gasteiger partial charge in [-0.15, -0.1) is 10.2 Å². The molecule has 1 aliphatic rings. The molecule has 0 fully saturated rings. The molecule has 6 heteroatoms. The first-order valence-corrected chi connectivity index (χ1v) is 7.51. The highest BCUT2D eigenvalue weighted by atomic mass is 79.9. The number of fused-ring (bicyclic) bond motifs is 1. The Morgan fingerprint density at radius 2 is 2.21 bits per heavy atom. The maximum absolute atomic E-state index is 6.00. The number of nitrogens with zero attached hydrogens (tertiary/aromatic N) is 3. The van der Waals surface area contributed by atoms with E-state index in [1.807, 2.05) is 18.2 Å². The predicted octanol–water partition coefficient (Wildman–Crippen LogP) is 3.64. The second kappa shape index (κ2) is 5.51. The average molecular weight is 342 g/mol. The van der Waals surface area contributed by atoms with Crippen LogP contribution in [0, 0.1) is 0 Å². The van der Waals surface area contributed by atoms with Gasteiger partial charge in [0.1, 0.15) is 5.82 Å². The summed E-state index contributed by atoms with van der Waals surface area (Å²) < 4.78 is 3.21. The van der Waals surface area contributed by atoms with Gasteiger partial charge >= 0.3 is 0 Å². The van der Waals surface area contributed by atoms with Crippen molar-refractivity contribution in [3.05, 3.63) is 39.3 Å². The van der Waals surface area contributed by atoms with Crippen LogP contribution < -0.4 is 5.32 Å². The van der Waals surface area contributed by atoms with Crippen LogP contribution >= 0.6 is 27.5 Å². The Bertz CT molecular complexity index is 596. The molecule has 1 N–H and O–H groups in total. The summed E-state index contributed by atoms with van der Waals surface area (Å²) in [6.45, 7) is 1.68. The molecule has 0 atom stereocenters. The third kappa shape index (κ3) is 2.77. The first-order chi connectivity index (χ1) is 9.24. The zero-order valence-corrected chi connectivity index (χ0v) is 12.7. The van der Waals surface area contributed by atoms with E-state index in [9.17, 15) is 0 Å². The van der Waals surface area contributed by atoms with E-state index >= 15 is 0 Å². The molecule has 0 spiro atoms. The van der Waals surface area contributed by atoms with E-state index in [1.54, 1.807) is 0 Å². The van der Waals surface area contributed by atoms with Gasteiger partial charge in [0, 0.05) is 22.5 Å². The molecule has 0 amide bonds. The summed E-state index contributed by atoms with van der Waals surface area (Å²) in [6, 6.07) is 5.69. The molecule has 0 radical (unpaired) electrons. The molecule has 4 nitrogen and oxygen atoms in total. The van der Waals surface area contributed by atoms with Crippen molar-refractivity contribution in [2.24, 2.45) is 0 Å². The van der Waals surface area contributed by atoms with Crippen molar-refractivity contribution in [2.75, 3.05) is 5.32 Å². The summed E-state index contributed by atoms with van der Waals surface area (Å²) in [7, 11) is 0. The molecule has 0 unspecified atom stereocenters. The van der Waals surface area contributed by atoms with Crippen LogP contribution in [0.25, 0.3) is 0 Å². The lowest BCUT2D eigenvalue weighted by atomic mass is 10.2. The first-order valence-electron chi connectivity index (χ1n) is 6.34. The maximum atomic E-state index is 6.00. The zero-order chi connectivity index (χ0) is 13.2. The van der Waals surface area contributed by atoms with Crippen molar-refractivity contribution in [3.63, 3.8) is 0 Å². The molecular weight excluding hydrogens is 328 g/mol. The van der Waals surface area contributed by atoms with Gasteiger partial charge in [0.15, 0.2) is 5.82 Å². The number of hydrogen-bond donors (Lipinski definition) is 1. The topological polar surface area (TPSA) is 42.7 Å². The summed E-state index contributed by atoms with van der Waals surface area (Å²) >= 11 is 9.50. The second-order valence-corrected chi connectivity index (χ2v) is 5.91. The number of aromatic nitrogens is 3. The van der Waals surface area contributed by atoms with E-state index in [4.69, 9.17) is 11.6 Å². The molecule has 0 saturated heterocycles. The lowest BCUT2D eigenvalue weighted by molar-refractivity contribution is 0.510. The fourth-order valence-electron chi connectivity index (χ4n) is 2.31. The molecule has 2 heterocycles. The molecule has 0 aliphatic carbocycles. The Hall–Kier alpha value is -1.07. The van der Waals surface area contributed by atoms with E-state index in [0.717, 1.165) is 34.8 Å². The number of halogens is 2. The monoisotopic (exact) mass is 340 g/mol. The van der Waals surface area contributed by atoms with E-state index < -0.39 is 0 Å². The van der Waals surface area contributed by atoms with Gasteiger partial charge in [-0.3, -0.25) is 0 Å². The third-order valence-corrected chi connectivity index (χ3v) is 4.23. The Balaban J connectivity index is 1.75. The van der Waals surface area contributed by atoms with Crippen molar-refractivity contribution < 1.29 is 0 Å². The molecule has 0 bridgehead atoms. The maximum Gasteiger partial charge on any atom is 0.152 e. The van der Waals surface area contributed by atoms with Gasteiger partial charge in [-0.25, -0.2) is 0 Å². The summed E-state index contributed by atoms with van der Waals surface area (Å²) in [5, 5.41) is 12.6. The molecule has 0 saturated carbocycles. The highest BCUT2D eigenvalue weighted by molar-refractivity contribution is 9.10. The lowest BCUT2D eigenvalue weighted by Crippen LogP contribution is -2.15. The highest BCUT2D eigenvalue weighted by Crippen LogP contribution is 2.26. The van der Waals surface area contributed by atoms with Gasteiger partial charge in [0.2, 0.25) is 0 Å². The predicted molar refractivity (Wildman–Crippen MR) is 79.4 cm³/mol. The standard InChI is InChI=1S/C13H14BrClN4/c14-10-5-4-9(15)7-11(10)16-8-13-18-17-12-3-1-2-6-19(12)13/h4-5,7,16H,1-3,6,8H2. The molecule has 1 aromatic carbocycles. The minimum atomic E-state index is 0.659. The fraction of sp³-hybridized carbons (Fsp3) is 0.385. The van der Waals surface area contributed by atoms with Gasteiger partial charge in [0.05, 0.1) is 12.2 Å². The van der Waals surface area contributed by atoms with E-state index in [-0.39, 0.29) is 0 Å². The third-order valence-electron chi connectivity index (χ3n) is 3.30. The lowest BCUT2D eigenvalue weighted by Gasteiger charge is -2.15. The average Bonchev–Trinajstić information content (AvgIpc) is 2.83. The Kier molecular flexibility index (Phi) is 3.75. The van der Waals surface area contributed by atoms with Crippen LogP contribution in [0.3, 0.4) is 0 Å². The van der Waals surface area contributed by atoms with Crippen LogP contribution in [0.1, 0.15) is 24.5 Å². The quantitative estimate of drug-likeness (QED) is 0.927. The first kappa shape index (κ1) is 12.9. The summed E-state index contributed by atoms with van der Waals surface area (Å²) in [5.74, 6) is 2.09. The Labute approximate surface area is 125 Å². The number of hydrogen-bond acceptors (Lipinski definition) is 3. The van der Waals surface area contributed by atoms with Gasteiger partial charge in [0.25, 0.3) is 0 Å². The minimum Gasteiger partial charge on any atom is -0.377 e. The molecule has 3 rings (SSSR count). The zero-order valence-electron chi connectivity index (χ0n) is 10.4. The van der Waals surface area contributed by atoms with E-state index in [1.165, 1.54) is 12.8 Å². The molecule has 1 aromatic heterocycles. The Morgan fingerprint density at radius 1 is 1.32 bits per heavy atom. The smallest absolute Gasteiger partial charge is 0.152 e. The van der Waals surface area contributed by atoms with Crippen molar-refractivity contribution >= 4 is 33.2 Å². The SMILES string of the molecule is Clc1ccc(Br)c(NCc2nnc3n2CCCC3)c1. The number of nitrogens with one attached hydrogen (secondary N) is 1. The van der Waals surface area contributed by atoms with Crippen LogP contribution in [0.15, 0.2) is 22.7 Å². The van der Waals surface area contributed by atoms with Crippen molar-refractivity contribution in [1.82, 2.24) is 14.8 Å². The van der Waals surface area contributed by atoms with Crippen LogP contribution in [0.4, 0.5) is 5.69 Å². The highest BCUT2D eigenvalue weighted by Gasteiger charge is 2.15. The minimum absolute atomic E-state index is 0.659. The Morgan fingerprint density at radius 3 is 3.11 bits per heavy atom. The molecule has 100 valence electrons. The molecule has 19 heavy (non-hydrogen) atoms. The molecule has 1 aliphatic heterocycles. The second-order valence-electron chi connectivity index (χ2n) is 4.62. The van der Waals surface area contributed by atoms with Gasteiger partial charge < -0.3 is 9.88 Å². The number of benzene rings is 1. The van der Waals surface area contributed by atoms with Crippen molar-refractivity contribution in [3.8, 4) is 0 Å². The van der Waals surface area contributed by atoms with E-state index in [2.05, 4.69) is 36.0 Å². The van der Waals surface area contributed by atoms with Crippen LogP contribution in [-0.2, 0) is 19.5 Å².